The van der Waals surface area contributed by atoms with Crippen LogP contribution in [-0.4, -0.2) is 0 Å². The first-order valence-corrected chi connectivity index (χ1v) is 18.6. The summed E-state index contributed by atoms with van der Waals surface area (Å²) in [5.41, 5.74) is 10.7. The largest absolute Gasteiger partial charge is 0.308 e. The lowest BCUT2D eigenvalue weighted by Gasteiger charge is -2.29. The first-order chi connectivity index (χ1) is 25.8. The van der Waals surface area contributed by atoms with Crippen LogP contribution in [0.4, 0.5) is 17.1 Å². The zero-order chi connectivity index (χ0) is 34.4. The molecule has 9 aromatic carbocycles. The molecule has 52 heavy (non-hydrogen) atoms. The molecule has 244 valence electrons. The topological polar surface area (TPSA) is 3.24 Å². The molecular formula is C50H33NS. The number of fused-ring (bicyclic) bond motifs is 6. The molecule has 0 saturated heterocycles. The molecule has 0 aliphatic carbocycles. The van der Waals surface area contributed by atoms with Gasteiger partial charge in [0.05, 0.1) is 16.1 Å². The first kappa shape index (κ1) is 30.4. The molecule has 0 aliphatic rings. The lowest BCUT2D eigenvalue weighted by atomic mass is 9.90. The number of anilines is 3. The average Bonchev–Trinajstić information content (AvgIpc) is 3.62. The van der Waals surface area contributed by atoms with Gasteiger partial charge in [0.25, 0.3) is 0 Å². The summed E-state index contributed by atoms with van der Waals surface area (Å²) >= 11 is 1.88. The fourth-order valence-corrected chi connectivity index (χ4v) is 9.11. The summed E-state index contributed by atoms with van der Waals surface area (Å²) in [7, 11) is 0. The van der Waals surface area contributed by atoms with Gasteiger partial charge in [-0.3, -0.25) is 0 Å². The van der Waals surface area contributed by atoms with E-state index >= 15 is 0 Å². The molecule has 0 unspecified atom stereocenters. The Morgan fingerprint density at radius 3 is 1.71 bits per heavy atom. The van der Waals surface area contributed by atoms with E-state index in [-0.39, 0.29) is 0 Å². The predicted octanol–water partition coefficient (Wildman–Crippen LogP) is 14.8. The van der Waals surface area contributed by atoms with Crippen molar-refractivity contribution < 1.29 is 0 Å². The molecule has 0 fully saturated rings. The summed E-state index contributed by atoms with van der Waals surface area (Å²) in [5.74, 6) is 0. The lowest BCUT2D eigenvalue weighted by molar-refractivity contribution is 1.30. The molecule has 10 rings (SSSR count). The van der Waals surface area contributed by atoms with Crippen LogP contribution in [0.3, 0.4) is 0 Å². The Hall–Kier alpha value is -6.48. The van der Waals surface area contributed by atoms with Gasteiger partial charge in [0.15, 0.2) is 0 Å². The predicted molar refractivity (Wildman–Crippen MR) is 225 cm³/mol. The molecule has 2 heteroatoms. The van der Waals surface area contributed by atoms with Crippen molar-refractivity contribution in [1.82, 2.24) is 0 Å². The maximum Gasteiger partial charge on any atom is 0.0640 e. The van der Waals surface area contributed by atoms with Gasteiger partial charge < -0.3 is 4.90 Å². The molecule has 0 amide bonds. The van der Waals surface area contributed by atoms with Gasteiger partial charge in [0, 0.05) is 26.7 Å². The summed E-state index contributed by atoms with van der Waals surface area (Å²) in [4.78, 5) is 2.48. The average molecular weight is 680 g/mol. The molecule has 1 aromatic heterocycles. The van der Waals surface area contributed by atoms with Crippen LogP contribution < -0.4 is 4.90 Å². The van der Waals surface area contributed by atoms with Gasteiger partial charge in [-0.25, -0.2) is 0 Å². The maximum absolute atomic E-state index is 2.48. The highest BCUT2D eigenvalue weighted by Gasteiger charge is 2.23. The molecule has 0 N–H and O–H groups in total. The molecule has 0 bridgehead atoms. The summed E-state index contributed by atoms with van der Waals surface area (Å²) in [5, 5.41) is 7.67. The maximum atomic E-state index is 2.48. The second kappa shape index (κ2) is 12.7. The Labute approximate surface area is 307 Å². The fraction of sp³-hybridized carbons (Fsp3) is 0. The standard InChI is InChI=1S/C50H33NS/c1-3-14-34(15-4-1)35-28-31-39(32-29-35)51(46-27-13-25-44-49-41-21-8-7-18-37(41)30-33-47(49)52-50(44)46)45-26-10-9-22-42(45)43-24-12-20-38-19-11-23-40(48(38)43)36-16-5-2-6-17-36/h1-33H. The van der Waals surface area contributed by atoms with Crippen molar-refractivity contribution in [3.05, 3.63) is 200 Å². The van der Waals surface area contributed by atoms with E-state index in [1.807, 2.05) is 11.3 Å². The molecule has 1 heterocycles. The summed E-state index contributed by atoms with van der Waals surface area (Å²) in [6.45, 7) is 0. The third-order valence-corrected chi connectivity index (χ3v) is 11.5. The Morgan fingerprint density at radius 2 is 0.904 bits per heavy atom. The molecule has 0 saturated carbocycles. The number of hydrogen-bond donors (Lipinski definition) is 0. The van der Waals surface area contributed by atoms with Crippen molar-refractivity contribution in [1.29, 1.82) is 0 Å². The zero-order valence-corrected chi connectivity index (χ0v) is 29.2. The van der Waals surface area contributed by atoms with Crippen LogP contribution >= 0.6 is 11.3 Å². The Morgan fingerprint density at radius 1 is 0.327 bits per heavy atom. The van der Waals surface area contributed by atoms with Crippen molar-refractivity contribution in [3.63, 3.8) is 0 Å². The smallest absolute Gasteiger partial charge is 0.0640 e. The van der Waals surface area contributed by atoms with Crippen LogP contribution in [0.5, 0.6) is 0 Å². The fourth-order valence-electron chi connectivity index (χ4n) is 7.89. The minimum atomic E-state index is 1.12. The van der Waals surface area contributed by atoms with E-state index in [1.165, 1.54) is 80.8 Å². The number of benzene rings is 9. The number of nitrogens with zero attached hydrogens (tertiary/aromatic N) is 1. The molecule has 0 radical (unpaired) electrons. The van der Waals surface area contributed by atoms with Crippen LogP contribution in [0, 0.1) is 0 Å². The number of rotatable bonds is 6. The van der Waals surface area contributed by atoms with Crippen molar-refractivity contribution >= 4 is 70.1 Å². The molecule has 0 aliphatic heterocycles. The highest BCUT2D eigenvalue weighted by atomic mass is 32.1. The quantitative estimate of drug-likeness (QED) is 0.169. The van der Waals surface area contributed by atoms with Crippen molar-refractivity contribution in [2.75, 3.05) is 4.90 Å². The van der Waals surface area contributed by atoms with Gasteiger partial charge in [-0.1, -0.05) is 170 Å². The van der Waals surface area contributed by atoms with Crippen molar-refractivity contribution in [2.24, 2.45) is 0 Å². The number of para-hydroxylation sites is 1. The number of thiophene rings is 1. The van der Waals surface area contributed by atoms with Gasteiger partial charge in [0.2, 0.25) is 0 Å². The van der Waals surface area contributed by atoms with Crippen LogP contribution in [-0.2, 0) is 0 Å². The summed E-state index contributed by atoms with van der Waals surface area (Å²) in [6.07, 6.45) is 0. The van der Waals surface area contributed by atoms with Crippen LogP contribution in [0.15, 0.2) is 200 Å². The Balaban J connectivity index is 1.25. The third-order valence-electron chi connectivity index (χ3n) is 10.3. The lowest BCUT2D eigenvalue weighted by Crippen LogP contribution is -2.11. The van der Waals surface area contributed by atoms with Gasteiger partial charge >= 0.3 is 0 Å². The van der Waals surface area contributed by atoms with Gasteiger partial charge in [-0.2, -0.15) is 0 Å². The van der Waals surface area contributed by atoms with E-state index in [2.05, 4.69) is 205 Å². The minimum Gasteiger partial charge on any atom is -0.308 e. The molecule has 0 spiro atoms. The summed E-state index contributed by atoms with van der Waals surface area (Å²) < 4.78 is 2.58. The number of hydrogen-bond acceptors (Lipinski definition) is 2. The first-order valence-electron chi connectivity index (χ1n) is 17.8. The third kappa shape index (κ3) is 5.07. The highest BCUT2D eigenvalue weighted by Crippen LogP contribution is 2.49. The normalized spacial score (nSPS) is 11.5. The van der Waals surface area contributed by atoms with Gasteiger partial charge in [-0.15, -0.1) is 11.3 Å². The van der Waals surface area contributed by atoms with Crippen LogP contribution in [0.25, 0.3) is 75.1 Å². The summed E-state index contributed by atoms with van der Waals surface area (Å²) in [6, 6.07) is 72.9. The van der Waals surface area contributed by atoms with Crippen LogP contribution in [0.1, 0.15) is 0 Å². The molecular weight excluding hydrogens is 647 g/mol. The Bertz CT molecular complexity index is 2880. The molecule has 10 aromatic rings. The molecule has 1 nitrogen and oxygen atoms in total. The van der Waals surface area contributed by atoms with Gasteiger partial charge in [0.1, 0.15) is 0 Å². The zero-order valence-electron chi connectivity index (χ0n) is 28.4. The van der Waals surface area contributed by atoms with E-state index in [9.17, 15) is 0 Å². The second-order valence-corrected chi connectivity index (χ2v) is 14.3. The highest BCUT2D eigenvalue weighted by molar-refractivity contribution is 7.26. The van der Waals surface area contributed by atoms with Gasteiger partial charge in [-0.05, 0) is 79.7 Å². The van der Waals surface area contributed by atoms with E-state index < -0.39 is 0 Å². The minimum absolute atomic E-state index is 1.12. The van der Waals surface area contributed by atoms with E-state index in [1.54, 1.807) is 0 Å². The van der Waals surface area contributed by atoms with Crippen LogP contribution in [0.2, 0.25) is 0 Å². The van der Waals surface area contributed by atoms with E-state index in [0.29, 0.717) is 0 Å². The Kier molecular flexibility index (Phi) is 7.41. The monoisotopic (exact) mass is 679 g/mol. The SMILES string of the molecule is c1ccc(-c2ccc(N(c3ccccc3-c3cccc4cccc(-c5ccccc5)c34)c3cccc4c3sc3ccc5ccccc5c34)cc2)cc1. The molecule has 0 atom stereocenters. The van der Waals surface area contributed by atoms with Crippen molar-refractivity contribution in [2.45, 2.75) is 0 Å². The van der Waals surface area contributed by atoms with E-state index in [0.717, 1.165) is 11.4 Å². The second-order valence-electron chi connectivity index (χ2n) is 13.3. The van der Waals surface area contributed by atoms with E-state index in [4.69, 9.17) is 0 Å². The van der Waals surface area contributed by atoms with Crippen molar-refractivity contribution in [3.8, 4) is 33.4 Å².